The van der Waals surface area contributed by atoms with Crippen LogP contribution >= 0.6 is 0 Å². The van der Waals surface area contributed by atoms with Gasteiger partial charge in [-0.05, 0) is 44.0 Å². The van der Waals surface area contributed by atoms with Crippen LogP contribution in [0.1, 0.15) is 68.5 Å². The molecule has 0 spiro atoms. The van der Waals surface area contributed by atoms with E-state index in [-0.39, 0.29) is 11.9 Å². The normalized spacial score (nSPS) is 12.1. The number of rotatable bonds is 10. The van der Waals surface area contributed by atoms with E-state index in [4.69, 9.17) is 4.74 Å². The van der Waals surface area contributed by atoms with Gasteiger partial charge in [0, 0.05) is 11.9 Å². The summed E-state index contributed by atoms with van der Waals surface area (Å²) in [5, 5.41) is 4.10. The summed E-state index contributed by atoms with van der Waals surface area (Å²) < 4.78 is 7.97. The van der Waals surface area contributed by atoms with E-state index in [0.717, 1.165) is 29.5 Å². The van der Waals surface area contributed by atoms with Crippen molar-refractivity contribution in [1.82, 2.24) is 9.88 Å². The number of carbonyl (C=O) groups is 1. The first-order valence-electron chi connectivity index (χ1n) is 10.8. The largest absolute Gasteiger partial charge is 0.493 e. The van der Waals surface area contributed by atoms with E-state index in [0.29, 0.717) is 18.8 Å². The molecule has 3 aromatic rings. The third-order valence-electron chi connectivity index (χ3n) is 5.36. The van der Waals surface area contributed by atoms with Crippen LogP contribution in [-0.4, -0.2) is 23.6 Å². The molecule has 1 amide bonds. The smallest absolute Gasteiger partial charge is 0.267 e. The van der Waals surface area contributed by atoms with Crippen LogP contribution in [0.15, 0.2) is 54.6 Å². The molecule has 1 heterocycles. The Labute approximate surface area is 173 Å². The topological polar surface area (TPSA) is 43.3 Å². The van der Waals surface area contributed by atoms with Crippen molar-refractivity contribution in [3.8, 4) is 5.75 Å². The van der Waals surface area contributed by atoms with E-state index in [9.17, 15) is 4.79 Å². The summed E-state index contributed by atoms with van der Waals surface area (Å²) in [5.41, 5.74) is 2.87. The lowest BCUT2D eigenvalue weighted by Gasteiger charge is -2.19. The van der Waals surface area contributed by atoms with E-state index in [1.807, 2.05) is 43.3 Å². The molecule has 0 fully saturated rings. The van der Waals surface area contributed by atoms with Crippen LogP contribution in [0.25, 0.3) is 10.9 Å². The number of nitrogens with zero attached hydrogens (tertiary/aromatic N) is 1. The molecule has 2 aromatic carbocycles. The Bertz CT molecular complexity index is 931. The minimum Gasteiger partial charge on any atom is -0.493 e. The fourth-order valence-electron chi connectivity index (χ4n) is 3.82. The number of benzene rings is 2. The molecule has 0 radical (unpaired) electrons. The number of carbonyl (C=O) groups excluding carboxylic acids is 1. The monoisotopic (exact) mass is 392 g/mol. The fourth-order valence-corrected chi connectivity index (χ4v) is 3.82. The summed E-state index contributed by atoms with van der Waals surface area (Å²) in [6.07, 6.45) is 4.56. The van der Waals surface area contributed by atoms with Gasteiger partial charge in [0.1, 0.15) is 11.4 Å². The van der Waals surface area contributed by atoms with E-state index >= 15 is 0 Å². The zero-order valence-corrected chi connectivity index (χ0v) is 17.8. The second-order valence-corrected chi connectivity index (χ2v) is 7.42. The number of amides is 1. The molecule has 29 heavy (non-hydrogen) atoms. The second-order valence-electron chi connectivity index (χ2n) is 7.42. The minimum atomic E-state index is -0.0251. The first-order chi connectivity index (χ1) is 14.2. The molecule has 0 saturated carbocycles. The molecule has 1 unspecified atom stereocenters. The highest BCUT2D eigenvalue weighted by molar-refractivity contribution is 6.00. The summed E-state index contributed by atoms with van der Waals surface area (Å²) in [7, 11) is 0. The highest BCUT2D eigenvalue weighted by Crippen LogP contribution is 2.33. The molecular weight excluding hydrogens is 360 g/mol. The Morgan fingerprint density at radius 2 is 1.83 bits per heavy atom. The summed E-state index contributed by atoms with van der Waals surface area (Å²) in [6.45, 7) is 7.61. The van der Waals surface area contributed by atoms with Crippen LogP contribution in [-0.2, 0) is 0 Å². The van der Waals surface area contributed by atoms with Crippen molar-refractivity contribution in [3.63, 3.8) is 0 Å². The first-order valence-corrected chi connectivity index (χ1v) is 10.8. The van der Waals surface area contributed by atoms with Gasteiger partial charge in [-0.2, -0.15) is 0 Å². The Morgan fingerprint density at radius 3 is 2.55 bits per heavy atom. The molecule has 0 aliphatic carbocycles. The Morgan fingerprint density at radius 1 is 1.03 bits per heavy atom. The molecule has 4 nitrogen and oxygen atoms in total. The third kappa shape index (κ3) is 4.81. The van der Waals surface area contributed by atoms with Gasteiger partial charge < -0.3 is 14.6 Å². The van der Waals surface area contributed by atoms with Crippen molar-refractivity contribution in [1.29, 1.82) is 0 Å². The van der Waals surface area contributed by atoms with Crippen LogP contribution in [0.5, 0.6) is 5.75 Å². The Hall–Kier alpha value is -2.75. The van der Waals surface area contributed by atoms with E-state index in [1.165, 1.54) is 18.4 Å². The molecule has 0 saturated heterocycles. The molecular formula is C25H32N2O2. The van der Waals surface area contributed by atoms with Crippen LogP contribution < -0.4 is 10.1 Å². The zero-order valence-electron chi connectivity index (χ0n) is 17.8. The van der Waals surface area contributed by atoms with Gasteiger partial charge in [0.05, 0.1) is 18.2 Å². The van der Waals surface area contributed by atoms with Gasteiger partial charge in [-0.15, -0.1) is 0 Å². The van der Waals surface area contributed by atoms with Gasteiger partial charge in [-0.25, -0.2) is 0 Å². The number of unbranched alkanes of at least 4 members (excludes halogenated alkanes) is 3. The average molecular weight is 393 g/mol. The number of hydrogen-bond acceptors (Lipinski definition) is 2. The lowest BCUT2D eigenvalue weighted by Crippen LogP contribution is -2.27. The van der Waals surface area contributed by atoms with Gasteiger partial charge in [-0.3, -0.25) is 4.79 Å². The molecule has 0 bridgehead atoms. The third-order valence-corrected chi connectivity index (χ3v) is 5.36. The van der Waals surface area contributed by atoms with E-state index in [2.05, 4.69) is 41.9 Å². The minimum absolute atomic E-state index is 0.0251. The van der Waals surface area contributed by atoms with Crippen molar-refractivity contribution in [3.05, 3.63) is 65.9 Å². The quantitative estimate of drug-likeness (QED) is 0.433. The van der Waals surface area contributed by atoms with Gasteiger partial charge in [0.25, 0.3) is 5.91 Å². The molecule has 0 aliphatic rings. The molecule has 0 aliphatic heterocycles. The van der Waals surface area contributed by atoms with E-state index in [1.54, 1.807) is 0 Å². The number of nitrogens with one attached hydrogen (secondary N) is 1. The number of ether oxygens (including phenoxy) is 1. The summed E-state index contributed by atoms with van der Waals surface area (Å²) in [4.78, 5) is 13.1. The maximum atomic E-state index is 13.1. The average Bonchev–Trinajstić information content (AvgIpc) is 3.14. The fraction of sp³-hybridized carbons (Fsp3) is 0.400. The second kappa shape index (κ2) is 10.1. The lowest BCUT2D eigenvalue weighted by atomic mass is 10.1. The zero-order chi connectivity index (χ0) is 20.6. The van der Waals surface area contributed by atoms with Crippen molar-refractivity contribution in [2.45, 2.75) is 52.5 Å². The van der Waals surface area contributed by atoms with Crippen molar-refractivity contribution in [2.24, 2.45) is 0 Å². The summed E-state index contributed by atoms with van der Waals surface area (Å²) in [5.74, 6) is 0.795. The molecule has 3 rings (SSSR count). The Kier molecular flexibility index (Phi) is 7.34. The van der Waals surface area contributed by atoms with Gasteiger partial charge in [0.2, 0.25) is 0 Å². The van der Waals surface area contributed by atoms with Crippen molar-refractivity contribution >= 4 is 16.8 Å². The van der Waals surface area contributed by atoms with Crippen molar-refractivity contribution < 1.29 is 9.53 Å². The lowest BCUT2D eigenvalue weighted by molar-refractivity contribution is 0.0943. The van der Waals surface area contributed by atoms with Gasteiger partial charge in [0.15, 0.2) is 0 Å². The first kappa shape index (κ1) is 21.0. The summed E-state index contributed by atoms with van der Waals surface area (Å²) >= 11 is 0. The SMILES string of the molecule is CCCCCCNC(=O)c1cc2c(OCC)cccc2n1C(C)c1ccccc1. The molecule has 1 atom stereocenters. The predicted octanol–water partition coefficient (Wildman–Crippen LogP) is 5.96. The molecule has 4 heteroatoms. The molecule has 1 aromatic heterocycles. The maximum absolute atomic E-state index is 13.1. The van der Waals surface area contributed by atoms with Crippen LogP contribution in [0, 0.1) is 0 Å². The van der Waals surface area contributed by atoms with Gasteiger partial charge >= 0.3 is 0 Å². The predicted molar refractivity (Wildman–Crippen MR) is 120 cm³/mol. The number of aromatic nitrogens is 1. The number of hydrogen-bond donors (Lipinski definition) is 1. The number of fused-ring (bicyclic) bond motifs is 1. The van der Waals surface area contributed by atoms with E-state index < -0.39 is 0 Å². The standard InChI is InChI=1S/C25H32N2O2/c1-4-6-7-11-17-26-25(28)23-18-21-22(15-12-16-24(21)29-5-2)27(23)19(3)20-13-9-8-10-14-20/h8-10,12-16,18-19H,4-7,11,17H2,1-3H3,(H,26,28). The van der Waals surface area contributed by atoms with Crippen LogP contribution in [0.2, 0.25) is 0 Å². The van der Waals surface area contributed by atoms with Crippen molar-refractivity contribution in [2.75, 3.05) is 13.2 Å². The van der Waals surface area contributed by atoms with Crippen LogP contribution in [0.3, 0.4) is 0 Å². The maximum Gasteiger partial charge on any atom is 0.267 e. The summed E-state index contributed by atoms with van der Waals surface area (Å²) in [6, 6.07) is 18.3. The Balaban J connectivity index is 1.98. The highest BCUT2D eigenvalue weighted by Gasteiger charge is 2.22. The highest BCUT2D eigenvalue weighted by atomic mass is 16.5. The van der Waals surface area contributed by atoms with Crippen LogP contribution in [0.4, 0.5) is 0 Å². The van der Waals surface area contributed by atoms with Gasteiger partial charge in [-0.1, -0.05) is 62.6 Å². The molecule has 1 N–H and O–H groups in total. The molecule has 154 valence electrons.